The Kier molecular flexibility index (Phi) is 6.82. The van der Waals surface area contributed by atoms with E-state index in [2.05, 4.69) is 5.32 Å². The van der Waals surface area contributed by atoms with Crippen molar-refractivity contribution in [2.24, 2.45) is 0 Å². The number of benzene rings is 2. The zero-order chi connectivity index (χ0) is 17.5. The number of nitrogens with one attached hydrogen (secondary N) is 1. The molecule has 0 fully saturated rings. The molecule has 1 N–H and O–H groups in total. The van der Waals surface area contributed by atoms with E-state index in [1.54, 1.807) is 32.0 Å². The first-order chi connectivity index (χ1) is 11.5. The fraction of sp³-hybridized carbons (Fsp3) is 0.278. The number of thioether (sulfide) groups is 1. The van der Waals surface area contributed by atoms with Gasteiger partial charge in [-0.25, -0.2) is 0 Å². The molecule has 4 nitrogen and oxygen atoms in total. The van der Waals surface area contributed by atoms with Gasteiger partial charge in [-0.15, -0.1) is 11.8 Å². The molecule has 0 saturated heterocycles. The number of carbonyl (C=O) groups is 1. The molecule has 2 aromatic carbocycles. The quantitative estimate of drug-likeness (QED) is 0.782. The van der Waals surface area contributed by atoms with Crippen molar-refractivity contribution < 1.29 is 14.3 Å². The lowest BCUT2D eigenvalue weighted by atomic mass is 10.1. The molecule has 0 bridgehead atoms. The van der Waals surface area contributed by atoms with E-state index in [0.717, 1.165) is 22.6 Å². The van der Waals surface area contributed by atoms with Gasteiger partial charge in [-0.2, -0.15) is 0 Å². The predicted octanol–water partition coefficient (Wildman–Crippen LogP) is 4.54. The molecule has 1 amide bonds. The van der Waals surface area contributed by atoms with Crippen LogP contribution in [0.15, 0.2) is 36.4 Å². The summed E-state index contributed by atoms with van der Waals surface area (Å²) >= 11 is 7.41. The van der Waals surface area contributed by atoms with Gasteiger partial charge in [0.1, 0.15) is 0 Å². The van der Waals surface area contributed by atoms with Crippen molar-refractivity contribution in [3.63, 3.8) is 0 Å². The summed E-state index contributed by atoms with van der Waals surface area (Å²) in [6.45, 7) is 1.92. The molecule has 0 atom stereocenters. The fourth-order valence-electron chi connectivity index (χ4n) is 2.14. The summed E-state index contributed by atoms with van der Waals surface area (Å²) in [6.07, 6.45) is 0. The predicted molar refractivity (Wildman–Crippen MR) is 101 cm³/mol. The maximum absolute atomic E-state index is 12.1. The molecule has 2 rings (SSSR count). The fourth-order valence-corrected chi connectivity index (χ4v) is 3.06. The minimum absolute atomic E-state index is 0.0516. The first kappa shape index (κ1) is 18.5. The number of halogens is 1. The van der Waals surface area contributed by atoms with Crippen molar-refractivity contribution in [2.75, 3.05) is 25.3 Å². The number of anilines is 1. The Morgan fingerprint density at radius 2 is 1.75 bits per heavy atom. The molecule has 0 aliphatic carbocycles. The Hall–Kier alpha value is -1.85. The van der Waals surface area contributed by atoms with E-state index in [4.69, 9.17) is 21.1 Å². The summed E-state index contributed by atoms with van der Waals surface area (Å²) in [5, 5.41) is 3.63. The Morgan fingerprint density at radius 3 is 2.38 bits per heavy atom. The van der Waals surface area contributed by atoms with E-state index in [1.807, 2.05) is 37.3 Å². The molecule has 6 heteroatoms. The lowest BCUT2D eigenvalue weighted by Crippen LogP contribution is -2.15. The monoisotopic (exact) mass is 365 g/mol. The molecule has 0 radical (unpaired) electrons. The van der Waals surface area contributed by atoms with Crippen LogP contribution in [-0.4, -0.2) is 25.9 Å². The van der Waals surface area contributed by atoms with Crippen LogP contribution in [0.25, 0.3) is 0 Å². The second-order valence-corrected chi connectivity index (χ2v) is 6.61. The largest absolute Gasteiger partial charge is 0.493 e. The molecular formula is C18H20ClNO3S. The van der Waals surface area contributed by atoms with Gasteiger partial charge >= 0.3 is 0 Å². The van der Waals surface area contributed by atoms with E-state index in [-0.39, 0.29) is 5.91 Å². The first-order valence-corrected chi connectivity index (χ1v) is 8.91. The van der Waals surface area contributed by atoms with Crippen LogP contribution in [-0.2, 0) is 10.5 Å². The molecule has 0 aliphatic rings. The van der Waals surface area contributed by atoms with E-state index in [0.29, 0.717) is 22.3 Å². The van der Waals surface area contributed by atoms with Crippen LogP contribution in [0.2, 0.25) is 5.02 Å². The highest BCUT2D eigenvalue weighted by Crippen LogP contribution is 2.33. The number of rotatable bonds is 7. The molecule has 0 aromatic heterocycles. The van der Waals surface area contributed by atoms with Gasteiger partial charge in [-0.05, 0) is 36.2 Å². The van der Waals surface area contributed by atoms with Gasteiger partial charge in [0.2, 0.25) is 5.91 Å². The van der Waals surface area contributed by atoms with Crippen LogP contribution in [0.1, 0.15) is 11.1 Å². The Bertz CT molecular complexity index is 704. The third-order valence-corrected chi connectivity index (χ3v) is 4.68. The molecule has 0 unspecified atom stereocenters. The molecule has 128 valence electrons. The van der Waals surface area contributed by atoms with Crippen molar-refractivity contribution in [3.8, 4) is 11.5 Å². The van der Waals surface area contributed by atoms with Gasteiger partial charge in [-0.1, -0.05) is 23.7 Å². The first-order valence-electron chi connectivity index (χ1n) is 7.38. The summed E-state index contributed by atoms with van der Waals surface area (Å²) in [6, 6.07) is 11.2. The van der Waals surface area contributed by atoms with Crippen molar-refractivity contribution in [1.29, 1.82) is 0 Å². The summed E-state index contributed by atoms with van der Waals surface area (Å²) < 4.78 is 10.5. The molecule has 0 spiro atoms. The number of hydrogen-bond acceptors (Lipinski definition) is 4. The van der Waals surface area contributed by atoms with E-state index in [9.17, 15) is 4.79 Å². The van der Waals surface area contributed by atoms with Crippen molar-refractivity contribution in [1.82, 2.24) is 0 Å². The standard InChI is InChI=1S/C18H20ClNO3S/c1-12-8-16(22-2)17(23-3)9-15(12)20-18(21)11-24-10-13-4-6-14(19)7-5-13/h4-9H,10-11H2,1-3H3,(H,20,21). The smallest absolute Gasteiger partial charge is 0.234 e. The van der Waals surface area contributed by atoms with Crippen LogP contribution in [0.4, 0.5) is 5.69 Å². The number of carbonyl (C=O) groups excluding carboxylic acids is 1. The Morgan fingerprint density at radius 1 is 1.12 bits per heavy atom. The third-order valence-electron chi connectivity index (χ3n) is 3.42. The molecule has 0 aliphatic heterocycles. The van der Waals surface area contributed by atoms with Crippen molar-refractivity contribution in [2.45, 2.75) is 12.7 Å². The minimum Gasteiger partial charge on any atom is -0.493 e. The van der Waals surface area contributed by atoms with Gasteiger partial charge < -0.3 is 14.8 Å². The van der Waals surface area contributed by atoms with Crippen molar-refractivity contribution in [3.05, 3.63) is 52.5 Å². The molecule has 24 heavy (non-hydrogen) atoms. The average molecular weight is 366 g/mol. The zero-order valence-corrected chi connectivity index (χ0v) is 15.5. The van der Waals surface area contributed by atoms with Crippen LogP contribution in [0.5, 0.6) is 11.5 Å². The maximum atomic E-state index is 12.1. The number of ether oxygens (including phenoxy) is 2. The second-order valence-electron chi connectivity index (χ2n) is 5.19. The number of methoxy groups -OCH3 is 2. The highest BCUT2D eigenvalue weighted by molar-refractivity contribution is 7.99. The second kappa shape index (κ2) is 8.85. The highest BCUT2D eigenvalue weighted by Gasteiger charge is 2.11. The van der Waals surface area contributed by atoms with Crippen LogP contribution in [0, 0.1) is 6.92 Å². The Balaban J connectivity index is 1.91. The van der Waals surface area contributed by atoms with Gasteiger partial charge in [0, 0.05) is 22.5 Å². The highest BCUT2D eigenvalue weighted by atomic mass is 35.5. The van der Waals surface area contributed by atoms with E-state index < -0.39 is 0 Å². The minimum atomic E-state index is -0.0516. The summed E-state index contributed by atoms with van der Waals surface area (Å²) in [5.41, 5.74) is 2.79. The Labute approximate surface area is 151 Å². The van der Waals surface area contributed by atoms with Gasteiger partial charge in [-0.3, -0.25) is 4.79 Å². The number of hydrogen-bond donors (Lipinski definition) is 1. The number of amides is 1. The summed E-state index contributed by atoms with van der Waals surface area (Å²) in [4.78, 5) is 12.1. The maximum Gasteiger partial charge on any atom is 0.234 e. The van der Waals surface area contributed by atoms with Gasteiger partial charge in [0.05, 0.1) is 20.0 Å². The van der Waals surface area contributed by atoms with E-state index >= 15 is 0 Å². The average Bonchev–Trinajstić information content (AvgIpc) is 2.58. The summed E-state index contributed by atoms with van der Waals surface area (Å²) in [7, 11) is 3.16. The number of aryl methyl sites for hydroxylation is 1. The lowest BCUT2D eigenvalue weighted by molar-refractivity contribution is -0.113. The van der Waals surface area contributed by atoms with Crippen LogP contribution < -0.4 is 14.8 Å². The SMILES string of the molecule is COc1cc(C)c(NC(=O)CSCc2ccc(Cl)cc2)cc1OC. The van der Waals surface area contributed by atoms with Gasteiger partial charge in [0.25, 0.3) is 0 Å². The van der Waals surface area contributed by atoms with Crippen LogP contribution >= 0.6 is 23.4 Å². The van der Waals surface area contributed by atoms with Crippen LogP contribution in [0.3, 0.4) is 0 Å². The van der Waals surface area contributed by atoms with E-state index in [1.165, 1.54) is 0 Å². The van der Waals surface area contributed by atoms with Gasteiger partial charge in [0.15, 0.2) is 11.5 Å². The lowest BCUT2D eigenvalue weighted by Gasteiger charge is -2.13. The van der Waals surface area contributed by atoms with Crippen molar-refractivity contribution >= 4 is 35.0 Å². The molecular weight excluding hydrogens is 346 g/mol. The molecule has 2 aromatic rings. The molecule has 0 saturated carbocycles. The zero-order valence-electron chi connectivity index (χ0n) is 13.9. The summed E-state index contributed by atoms with van der Waals surface area (Å²) in [5.74, 6) is 2.31. The normalized spacial score (nSPS) is 10.3. The third kappa shape index (κ3) is 5.08. The topological polar surface area (TPSA) is 47.6 Å². The molecule has 0 heterocycles.